The summed E-state index contributed by atoms with van der Waals surface area (Å²) in [5.74, 6) is 0.791. The average Bonchev–Trinajstić information content (AvgIpc) is 3.03. The Morgan fingerprint density at radius 2 is 2.35 bits per heavy atom. The fourth-order valence-corrected chi connectivity index (χ4v) is 3.26. The van der Waals surface area contributed by atoms with Gasteiger partial charge in [0.15, 0.2) is 0 Å². The Hall–Kier alpha value is -0.160. The van der Waals surface area contributed by atoms with E-state index in [4.69, 9.17) is 0 Å². The van der Waals surface area contributed by atoms with Crippen LogP contribution in [0.2, 0.25) is 0 Å². The van der Waals surface area contributed by atoms with Crippen LogP contribution < -0.4 is 5.32 Å². The van der Waals surface area contributed by atoms with Crippen LogP contribution in [0.3, 0.4) is 0 Å². The molecule has 0 radical (unpaired) electrons. The van der Waals surface area contributed by atoms with Gasteiger partial charge in [-0.15, -0.1) is 23.7 Å². The molecule has 1 aliphatic heterocycles. The summed E-state index contributed by atoms with van der Waals surface area (Å²) >= 11 is 1.84. The van der Waals surface area contributed by atoms with Crippen molar-refractivity contribution >= 4 is 23.7 Å². The summed E-state index contributed by atoms with van der Waals surface area (Å²) in [6, 6.07) is 0.655. The van der Waals surface area contributed by atoms with Crippen LogP contribution in [0.25, 0.3) is 0 Å². The fourth-order valence-electron chi connectivity index (χ4n) is 2.39. The summed E-state index contributed by atoms with van der Waals surface area (Å²) in [7, 11) is 0. The molecule has 0 spiro atoms. The van der Waals surface area contributed by atoms with E-state index in [1.807, 2.05) is 16.8 Å². The first-order valence-corrected chi connectivity index (χ1v) is 7.09. The number of thiazole rings is 1. The van der Waals surface area contributed by atoms with Crippen LogP contribution in [-0.4, -0.2) is 35.6 Å². The van der Waals surface area contributed by atoms with Crippen LogP contribution in [-0.2, 0) is 6.54 Å². The maximum absolute atomic E-state index is 4.54. The topological polar surface area (TPSA) is 28.2 Å². The summed E-state index contributed by atoms with van der Waals surface area (Å²) in [4.78, 5) is 8.63. The highest BCUT2D eigenvalue weighted by molar-refractivity contribution is 7.09. The van der Waals surface area contributed by atoms with Gasteiger partial charge in [-0.1, -0.05) is 0 Å². The van der Waals surface area contributed by atoms with Gasteiger partial charge in [-0.3, -0.25) is 4.90 Å². The van der Waals surface area contributed by atoms with E-state index >= 15 is 0 Å². The van der Waals surface area contributed by atoms with Crippen LogP contribution >= 0.6 is 23.7 Å². The Kier molecular flexibility index (Phi) is 4.42. The predicted molar refractivity (Wildman–Crippen MR) is 74.1 cm³/mol. The fraction of sp³-hybridized carbons (Fsp3) is 0.750. The molecule has 1 saturated carbocycles. The van der Waals surface area contributed by atoms with Crippen molar-refractivity contribution in [2.45, 2.75) is 38.3 Å². The second-order valence-corrected chi connectivity index (χ2v) is 5.90. The van der Waals surface area contributed by atoms with Gasteiger partial charge in [-0.2, -0.15) is 0 Å². The number of hydrogen-bond acceptors (Lipinski definition) is 4. The maximum Gasteiger partial charge on any atom is 0.0798 e. The number of hydrogen-bond donors (Lipinski definition) is 1. The highest BCUT2D eigenvalue weighted by Gasteiger charge is 2.29. The van der Waals surface area contributed by atoms with Crippen molar-refractivity contribution in [1.82, 2.24) is 15.2 Å². The van der Waals surface area contributed by atoms with Gasteiger partial charge < -0.3 is 5.32 Å². The molecule has 1 saturated heterocycles. The summed E-state index contributed by atoms with van der Waals surface area (Å²) in [5.41, 5.74) is 3.42. The van der Waals surface area contributed by atoms with Crippen LogP contribution in [0.4, 0.5) is 0 Å². The van der Waals surface area contributed by atoms with Crippen molar-refractivity contribution in [2.75, 3.05) is 19.6 Å². The number of nitrogens with one attached hydrogen (secondary N) is 1. The van der Waals surface area contributed by atoms with Crippen molar-refractivity contribution in [3.8, 4) is 0 Å². The minimum Gasteiger partial charge on any atom is -0.314 e. The van der Waals surface area contributed by atoms with Gasteiger partial charge in [0.25, 0.3) is 0 Å². The lowest BCUT2D eigenvalue weighted by atomic mass is 10.2. The molecular weight excluding hydrogens is 254 g/mol. The Morgan fingerprint density at radius 1 is 1.53 bits per heavy atom. The van der Waals surface area contributed by atoms with Crippen molar-refractivity contribution in [3.63, 3.8) is 0 Å². The highest BCUT2D eigenvalue weighted by atomic mass is 35.5. The number of piperazine rings is 1. The molecule has 2 aliphatic rings. The van der Waals surface area contributed by atoms with Crippen molar-refractivity contribution in [3.05, 3.63) is 16.1 Å². The third-order valence-electron chi connectivity index (χ3n) is 3.62. The molecule has 1 aromatic rings. The molecule has 1 N–H and O–H groups in total. The maximum atomic E-state index is 4.54. The Labute approximate surface area is 113 Å². The first-order chi connectivity index (χ1) is 7.84. The second-order valence-electron chi connectivity index (χ2n) is 4.96. The minimum atomic E-state index is 0. The lowest BCUT2D eigenvalue weighted by molar-refractivity contribution is 0.166. The third-order valence-corrected chi connectivity index (χ3v) is 4.46. The van der Waals surface area contributed by atoms with E-state index in [0.717, 1.165) is 25.6 Å². The summed E-state index contributed by atoms with van der Waals surface area (Å²) < 4.78 is 0. The van der Waals surface area contributed by atoms with Gasteiger partial charge in [0.05, 0.1) is 11.2 Å². The van der Waals surface area contributed by atoms with Gasteiger partial charge in [0.1, 0.15) is 0 Å². The van der Waals surface area contributed by atoms with Crippen LogP contribution in [0.1, 0.15) is 36.3 Å². The zero-order chi connectivity index (χ0) is 11.0. The van der Waals surface area contributed by atoms with Gasteiger partial charge in [0, 0.05) is 43.0 Å². The third kappa shape index (κ3) is 2.99. The molecule has 0 unspecified atom stereocenters. The van der Waals surface area contributed by atoms with E-state index in [9.17, 15) is 0 Å². The van der Waals surface area contributed by atoms with E-state index < -0.39 is 0 Å². The Bertz CT molecular complexity index is 364. The quantitative estimate of drug-likeness (QED) is 0.916. The van der Waals surface area contributed by atoms with E-state index in [0.29, 0.717) is 6.04 Å². The molecular formula is C12H20ClN3S. The number of halogens is 1. The van der Waals surface area contributed by atoms with E-state index in [2.05, 4.69) is 22.1 Å². The molecule has 3 nitrogen and oxygen atoms in total. The SMILES string of the molecule is C[C@H]1CNCCN1Cc1scnc1C1CC1.Cl. The normalized spacial score (nSPS) is 25.6. The van der Waals surface area contributed by atoms with Crippen LogP contribution in [0.15, 0.2) is 5.51 Å². The number of rotatable bonds is 3. The lowest BCUT2D eigenvalue weighted by Gasteiger charge is -2.33. The lowest BCUT2D eigenvalue weighted by Crippen LogP contribution is -2.49. The average molecular weight is 274 g/mol. The van der Waals surface area contributed by atoms with Gasteiger partial charge >= 0.3 is 0 Å². The molecule has 0 aromatic carbocycles. The second kappa shape index (κ2) is 5.65. The Balaban J connectivity index is 0.00000108. The molecule has 96 valence electrons. The molecule has 3 rings (SSSR count). The predicted octanol–water partition coefficient (Wildman–Crippen LogP) is 2.24. The summed E-state index contributed by atoms with van der Waals surface area (Å²) in [6.45, 7) is 6.84. The molecule has 2 heterocycles. The zero-order valence-electron chi connectivity index (χ0n) is 10.2. The van der Waals surface area contributed by atoms with Crippen molar-refractivity contribution in [1.29, 1.82) is 0 Å². The molecule has 1 aromatic heterocycles. The largest absolute Gasteiger partial charge is 0.314 e. The van der Waals surface area contributed by atoms with Crippen LogP contribution in [0, 0.1) is 0 Å². The molecule has 1 aliphatic carbocycles. The van der Waals surface area contributed by atoms with Crippen LogP contribution in [0.5, 0.6) is 0 Å². The summed E-state index contributed by atoms with van der Waals surface area (Å²) in [5, 5.41) is 3.44. The van der Waals surface area contributed by atoms with Crippen molar-refractivity contribution in [2.24, 2.45) is 0 Å². The molecule has 0 bridgehead atoms. The van der Waals surface area contributed by atoms with E-state index in [-0.39, 0.29) is 12.4 Å². The monoisotopic (exact) mass is 273 g/mol. The highest BCUT2D eigenvalue weighted by Crippen LogP contribution is 2.42. The van der Waals surface area contributed by atoms with E-state index in [1.54, 1.807) is 0 Å². The molecule has 2 fully saturated rings. The minimum absolute atomic E-state index is 0. The van der Waals surface area contributed by atoms with Crippen molar-refractivity contribution < 1.29 is 0 Å². The standard InChI is InChI=1S/C12H19N3S.ClH/c1-9-6-13-4-5-15(9)7-11-12(10-2-3-10)14-8-16-11;/h8-10,13H,2-7H2,1H3;1H/t9-;/m0./s1. The first kappa shape index (κ1) is 13.3. The Morgan fingerprint density at radius 3 is 3.06 bits per heavy atom. The molecule has 5 heteroatoms. The zero-order valence-corrected chi connectivity index (χ0v) is 11.8. The van der Waals surface area contributed by atoms with E-state index in [1.165, 1.54) is 30.0 Å². The van der Waals surface area contributed by atoms with Gasteiger partial charge in [-0.05, 0) is 19.8 Å². The van der Waals surface area contributed by atoms with Gasteiger partial charge in [0.2, 0.25) is 0 Å². The molecule has 1 atom stereocenters. The first-order valence-electron chi connectivity index (χ1n) is 6.21. The summed E-state index contributed by atoms with van der Waals surface area (Å²) in [6.07, 6.45) is 2.71. The van der Waals surface area contributed by atoms with Gasteiger partial charge in [-0.25, -0.2) is 4.98 Å². The number of nitrogens with zero attached hydrogens (tertiary/aromatic N) is 2. The smallest absolute Gasteiger partial charge is 0.0798 e. The molecule has 0 amide bonds. The number of aromatic nitrogens is 1. The molecule has 17 heavy (non-hydrogen) atoms.